The summed E-state index contributed by atoms with van der Waals surface area (Å²) in [5.74, 6) is -1.38. The Morgan fingerprint density at radius 1 is 1.07 bits per heavy atom. The molecule has 1 fully saturated rings. The van der Waals surface area contributed by atoms with Gasteiger partial charge in [0.1, 0.15) is 0 Å². The van der Waals surface area contributed by atoms with E-state index in [4.69, 9.17) is 0 Å². The molecule has 0 aliphatic carbocycles. The number of hydrogen-bond donors (Lipinski definition) is 2. The van der Waals surface area contributed by atoms with Gasteiger partial charge in [-0.1, -0.05) is 36.4 Å². The van der Waals surface area contributed by atoms with E-state index in [-0.39, 0.29) is 11.8 Å². The molecule has 1 heterocycles. The number of hydrogen-bond acceptors (Lipinski definition) is 4. The van der Waals surface area contributed by atoms with Gasteiger partial charge < -0.3 is 10.6 Å². The number of anilines is 2. The average molecular weight is 416 g/mol. The number of sulfonamides is 1. The quantitative estimate of drug-likeness (QED) is 0.708. The third kappa shape index (κ3) is 5.57. The topological polar surface area (TPSA) is 95.6 Å². The molecule has 0 saturated carbocycles. The molecule has 2 amide bonds. The molecule has 1 aliphatic heterocycles. The van der Waals surface area contributed by atoms with Crippen molar-refractivity contribution in [1.29, 1.82) is 0 Å². The Balaban J connectivity index is 1.54. The first-order valence-corrected chi connectivity index (χ1v) is 11.2. The highest BCUT2D eigenvalue weighted by atomic mass is 32.2. The van der Waals surface area contributed by atoms with Crippen molar-refractivity contribution in [2.45, 2.75) is 32.2 Å². The van der Waals surface area contributed by atoms with Crippen molar-refractivity contribution in [3.8, 4) is 0 Å². The lowest BCUT2D eigenvalue weighted by Crippen LogP contribution is -2.40. The van der Waals surface area contributed by atoms with E-state index in [2.05, 4.69) is 10.6 Å². The maximum atomic E-state index is 12.2. The zero-order valence-corrected chi connectivity index (χ0v) is 17.1. The van der Waals surface area contributed by atoms with Gasteiger partial charge in [0.05, 0.1) is 11.4 Å². The summed E-state index contributed by atoms with van der Waals surface area (Å²) in [5, 5.41) is 5.24. The number of rotatable bonds is 6. The van der Waals surface area contributed by atoms with Gasteiger partial charge in [0.2, 0.25) is 10.0 Å². The number of carbonyl (C=O) groups excluding carboxylic acids is 2. The van der Waals surface area contributed by atoms with Crippen LogP contribution < -0.4 is 14.9 Å². The van der Waals surface area contributed by atoms with Crippen LogP contribution in [-0.4, -0.2) is 38.6 Å². The zero-order valence-electron chi connectivity index (χ0n) is 16.3. The summed E-state index contributed by atoms with van der Waals surface area (Å²) in [6.07, 6.45) is 2.09. The maximum absolute atomic E-state index is 12.2. The van der Waals surface area contributed by atoms with Crippen LogP contribution in [0, 0.1) is 0 Å². The fourth-order valence-electron chi connectivity index (χ4n) is 3.25. The number of aryl methyl sites for hydroxylation is 1. The molecule has 1 saturated heterocycles. The fourth-order valence-corrected chi connectivity index (χ4v) is 4.80. The highest BCUT2D eigenvalue weighted by Crippen LogP contribution is 2.26. The summed E-state index contributed by atoms with van der Waals surface area (Å²) in [6.45, 7) is 2.27. The molecule has 0 bridgehead atoms. The molecule has 3 rings (SSSR count). The molecule has 7 nitrogen and oxygen atoms in total. The molecule has 1 aliphatic rings. The number of nitrogens with zero attached hydrogens (tertiary/aromatic N) is 1. The summed E-state index contributed by atoms with van der Waals surface area (Å²) >= 11 is 0. The lowest BCUT2D eigenvalue weighted by molar-refractivity contribution is -0.136. The molecule has 0 radical (unpaired) electrons. The van der Waals surface area contributed by atoms with Crippen molar-refractivity contribution in [2.75, 3.05) is 21.9 Å². The third-order valence-electron chi connectivity index (χ3n) is 4.78. The normalized spacial score (nSPS) is 16.2. The Hall–Kier alpha value is -2.87. The summed E-state index contributed by atoms with van der Waals surface area (Å²) < 4.78 is 25.5. The van der Waals surface area contributed by atoms with Gasteiger partial charge in [-0.15, -0.1) is 0 Å². The first kappa shape index (κ1) is 20.9. The first-order valence-electron chi connectivity index (χ1n) is 9.61. The van der Waals surface area contributed by atoms with Crippen molar-refractivity contribution in [1.82, 2.24) is 5.32 Å². The fraction of sp³-hybridized carbons (Fsp3) is 0.333. The third-order valence-corrected chi connectivity index (χ3v) is 6.65. The van der Waals surface area contributed by atoms with E-state index in [0.717, 1.165) is 6.42 Å². The lowest BCUT2D eigenvalue weighted by Gasteiger charge is -2.18. The Morgan fingerprint density at radius 3 is 2.52 bits per heavy atom. The molecule has 2 N–H and O–H groups in total. The highest BCUT2D eigenvalue weighted by molar-refractivity contribution is 7.93. The predicted octanol–water partition coefficient (Wildman–Crippen LogP) is 2.30. The molecule has 8 heteroatoms. The highest BCUT2D eigenvalue weighted by Gasteiger charge is 2.28. The van der Waals surface area contributed by atoms with Gasteiger partial charge in [0.25, 0.3) is 0 Å². The Bertz CT molecular complexity index is 976. The summed E-state index contributed by atoms with van der Waals surface area (Å²) in [5.41, 5.74) is 2.03. The van der Waals surface area contributed by atoms with Crippen molar-refractivity contribution in [3.63, 3.8) is 0 Å². The van der Waals surface area contributed by atoms with Crippen LogP contribution in [0.5, 0.6) is 0 Å². The van der Waals surface area contributed by atoms with Crippen LogP contribution in [0.1, 0.15) is 25.3 Å². The van der Waals surface area contributed by atoms with E-state index >= 15 is 0 Å². The minimum Gasteiger partial charge on any atom is -0.345 e. The van der Waals surface area contributed by atoms with Crippen LogP contribution in [0.3, 0.4) is 0 Å². The molecule has 29 heavy (non-hydrogen) atoms. The molecule has 0 aromatic heterocycles. The molecular weight excluding hydrogens is 390 g/mol. The van der Waals surface area contributed by atoms with Gasteiger partial charge in [-0.05, 0) is 49.9 Å². The van der Waals surface area contributed by atoms with Crippen molar-refractivity contribution in [2.24, 2.45) is 0 Å². The van der Waals surface area contributed by atoms with Crippen molar-refractivity contribution >= 4 is 33.2 Å². The van der Waals surface area contributed by atoms with Crippen LogP contribution in [-0.2, 0) is 26.0 Å². The number of carbonyl (C=O) groups is 2. The molecular formula is C21H25N3O4S. The molecule has 2 aromatic carbocycles. The van der Waals surface area contributed by atoms with Crippen molar-refractivity contribution < 1.29 is 18.0 Å². The Morgan fingerprint density at radius 2 is 1.83 bits per heavy atom. The van der Waals surface area contributed by atoms with E-state index in [1.54, 1.807) is 24.3 Å². The smallest absolute Gasteiger partial charge is 0.313 e. The summed E-state index contributed by atoms with van der Waals surface area (Å²) in [4.78, 5) is 24.4. The number of benzene rings is 2. The van der Waals surface area contributed by atoms with Gasteiger partial charge in [-0.25, -0.2) is 8.42 Å². The Kier molecular flexibility index (Phi) is 6.53. The lowest BCUT2D eigenvalue weighted by atomic mass is 10.1. The maximum Gasteiger partial charge on any atom is 0.313 e. The molecule has 0 unspecified atom stereocenters. The van der Waals surface area contributed by atoms with Crippen LogP contribution in [0.25, 0.3) is 0 Å². The average Bonchev–Trinajstić information content (AvgIpc) is 3.06. The van der Waals surface area contributed by atoms with Gasteiger partial charge >= 0.3 is 11.8 Å². The van der Waals surface area contributed by atoms with Crippen molar-refractivity contribution in [3.05, 3.63) is 60.2 Å². The van der Waals surface area contributed by atoms with Gasteiger partial charge in [0.15, 0.2) is 0 Å². The predicted molar refractivity (Wildman–Crippen MR) is 113 cm³/mol. The van der Waals surface area contributed by atoms with E-state index < -0.39 is 21.8 Å². The molecule has 154 valence electrons. The van der Waals surface area contributed by atoms with Gasteiger partial charge in [0, 0.05) is 18.3 Å². The van der Waals surface area contributed by atoms with E-state index in [0.29, 0.717) is 30.8 Å². The Labute approximate surface area is 171 Å². The minimum atomic E-state index is -3.31. The van der Waals surface area contributed by atoms with Crippen LogP contribution in [0.15, 0.2) is 54.6 Å². The first-order chi connectivity index (χ1) is 13.8. The summed E-state index contributed by atoms with van der Waals surface area (Å²) in [7, 11) is -3.31. The van der Waals surface area contributed by atoms with Gasteiger partial charge in [-0.2, -0.15) is 0 Å². The SMILES string of the molecule is C[C@@H](CCc1ccccc1)NC(=O)C(=O)Nc1cccc(N2CCCS2(=O)=O)c1. The molecule has 0 spiro atoms. The minimum absolute atomic E-state index is 0.118. The monoisotopic (exact) mass is 415 g/mol. The molecule has 2 aromatic rings. The number of amides is 2. The second-order valence-electron chi connectivity index (χ2n) is 7.14. The van der Waals surface area contributed by atoms with Crippen LogP contribution in [0.4, 0.5) is 11.4 Å². The largest absolute Gasteiger partial charge is 0.345 e. The van der Waals surface area contributed by atoms with E-state index in [1.165, 1.54) is 9.87 Å². The van der Waals surface area contributed by atoms with Crippen LogP contribution in [0.2, 0.25) is 0 Å². The second-order valence-corrected chi connectivity index (χ2v) is 9.16. The summed E-state index contributed by atoms with van der Waals surface area (Å²) in [6, 6.07) is 16.3. The van der Waals surface area contributed by atoms with Crippen LogP contribution >= 0.6 is 0 Å². The van der Waals surface area contributed by atoms with Gasteiger partial charge in [-0.3, -0.25) is 13.9 Å². The standard InChI is InChI=1S/C21H25N3O4S/c1-16(11-12-17-7-3-2-4-8-17)22-20(25)21(26)23-18-9-5-10-19(15-18)24-13-6-14-29(24,27)28/h2-5,7-10,15-16H,6,11-14H2,1H3,(H,22,25)(H,23,26)/t16-/m0/s1. The zero-order chi connectivity index (χ0) is 20.9. The second kappa shape index (κ2) is 9.09. The number of nitrogens with one attached hydrogen (secondary N) is 2. The van der Waals surface area contributed by atoms with E-state index in [9.17, 15) is 18.0 Å². The van der Waals surface area contributed by atoms with E-state index in [1.807, 2.05) is 37.3 Å². The molecule has 1 atom stereocenters.